The second-order valence-electron chi connectivity index (χ2n) is 5.53. The molecule has 102 valence electrons. The minimum absolute atomic E-state index is 0.290. The van der Waals surface area contributed by atoms with E-state index in [0.717, 1.165) is 16.7 Å². The summed E-state index contributed by atoms with van der Waals surface area (Å²) < 4.78 is 0. The van der Waals surface area contributed by atoms with Crippen molar-refractivity contribution in [2.24, 2.45) is 0 Å². The quantitative estimate of drug-likeness (QED) is 0.879. The second kappa shape index (κ2) is 4.46. The van der Waals surface area contributed by atoms with Crippen LogP contribution in [-0.2, 0) is 16.8 Å². The zero-order valence-corrected chi connectivity index (χ0v) is 11.6. The van der Waals surface area contributed by atoms with Gasteiger partial charge in [-0.25, -0.2) is 0 Å². The lowest BCUT2D eigenvalue weighted by Crippen LogP contribution is -2.36. The molecular weight excluding hydrogens is 250 g/mol. The lowest BCUT2D eigenvalue weighted by molar-refractivity contribution is -0.133. The molecule has 0 aromatic heterocycles. The molecule has 1 aliphatic heterocycles. The fraction of sp³-hybridized carbons (Fsp3) is 0.235. The van der Waals surface area contributed by atoms with Gasteiger partial charge in [0.1, 0.15) is 0 Å². The zero-order valence-electron chi connectivity index (χ0n) is 11.6. The predicted octanol–water partition coefficient (Wildman–Crippen LogP) is 2.69. The molecule has 3 rings (SSSR count). The van der Waals surface area contributed by atoms with Crippen molar-refractivity contribution in [2.75, 3.05) is 5.32 Å². The highest BCUT2D eigenvalue weighted by atomic mass is 16.3. The van der Waals surface area contributed by atoms with Crippen LogP contribution >= 0.6 is 0 Å². The first-order valence-electron chi connectivity index (χ1n) is 6.69. The van der Waals surface area contributed by atoms with Gasteiger partial charge in [-0.1, -0.05) is 47.5 Å². The number of aliphatic hydroxyl groups is 1. The molecule has 0 saturated carbocycles. The van der Waals surface area contributed by atoms with Crippen LogP contribution in [0, 0.1) is 13.8 Å². The fourth-order valence-electron chi connectivity index (χ4n) is 2.94. The van der Waals surface area contributed by atoms with Crippen LogP contribution in [-0.4, -0.2) is 11.0 Å². The highest BCUT2D eigenvalue weighted by molar-refractivity contribution is 6.05. The third-order valence-corrected chi connectivity index (χ3v) is 3.74. The number of para-hydroxylation sites is 1. The maximum absolute atomic E-state index is 12.2. The Balaban J connectivity index is 2.03. The molecule has 3 nitrogen and oxygen atoms in total. The monoisotopic (exact) mass is 267 g/mol. The van der Waals surface area contributed by atoms with Gasteiger partial charge in [0, 0.05) is 17.7 Å². The molecule has 0 fully saturated rings. The average Bonchev–Trinajstić information content (AvgIpc) is 2.61. The number of benzene rings is 2. The van der Waals surface area contributed by atoms with Gasteiger partial charge in [0.25, 0.3) is 5.91 Å². The summed E-state index contributed by atoms with van der Waals surface area (Å²) in [6.45, 7) is 4.03. The van der Waals surface area contributed by atoms with E-state index in [-0.39, 0.29) is 5.91 Å². The van der Waals surface area contributed by atoms with E-state index < -0.39 is 5.60 Å². The number of hydrogen-bond acceptors (Lipinski definition) is 2. The third kappa shape index (κ3) is 2.00. The van der Waals surface area contributed by atoms with Crippen molar-refractivity contribution in [3.8, 4) is 0 Å². The Bertz CT molecular complexity index is 673. The Morgan fingerprint density at radius 3 is 2.45 bits per heavy atom. The van der Waals surface area contributed by atoms with Crippen molar-refractivity contribution in [3.05, 3.63) is 64.7 Å². The number of anilines is 1. The molecule has 1 aliphatic rings. The number of aryl methyl sites for hydroxylation is 2. The van der Waals surface area contributed by atoms with Crippen molar-refractivity contribution in [3.63, 3.8) is 0 Å². The largest absolute Gasteiger partial charge is 0.375 e. The number of hydrogen-bond donors (Lipinski definition) is 2. The van der Waals surface area contributed by atoms with Crippen LogP contribution in [0.2, 0.25) is 0 Å². The third-order valence-electron chi connectivity index (χ3n) is 3.74. The predicted molar refractivity (Wildman–Crippen MR) is 78.6 cm³/mol. The standard InChI is InChI=1S/C17H17NO2/c1-11-7-12(2)9-13(8-11)10-17(20)14-5-3-4-6-15(14)18-16(17)19/h3-9,20H,10H2,1-2H3,(H,18,19). The summed E-state index contributed by atoms with van der Waals surface area (Å²) in [7, 11) is 0. The molecular formula is C17H17NO2. The molecule has 0 radical (unpaired) electrons. The summed E-state index contributed by atoms with van der Waals surface area (Å²) >= 11 is 0. The highest BCUT2D eigenvalue weighted by Crippen LogP contribution is 2.38. The van der Waals surface area contributed by atoms with E-state index in [0.29, 0.717) is 17.7 Å². The number of amides is 1. The van der Waals surface area contributed by atoms with Crippen molar-refractivity contribution in [2.45, 2.75) is 25.9 Å². The van der Waals surface area contributed by atoms with Gasteiger partial charge in [0.05, 0.1) is 0 Å². The Morgan fingerprint density at radius 1 is 1.10 bits per heavy atom. The Labute approximate surface area is 118 Å². The molecule has 3 heteroatoms. The first-order valence-corrected chi connectivity index (χ1v) is 6.69. The zero-order chi connectivity index (χ0) is 14.3. The first-order chi connectivity index (χ1) is 9.49. The molecule has 2 N–H and O–H groups in total. The minimum atomic E-state index is -1.48. The Kier molecular flexibility index (Phi) is 2.87. The molecule has 1 atom stereocenters. The summed E-state index contributed by atoms with van der Waals surface area (Å²) in [4.78, 5) is 12.2. The minimum Gasteiger partial charge on any atom is -0.375 e. The molecule has 1 heterocycles. The summed E-state index contributed by atoms with van der Waals surface area (Å²) in [5, 5.41) is 13.6. The SMILES string of the molecule is Cc1cc(C)cc(CC2(O)C(=O)Nc3ccccc32)c1. The topological polar surface area (TPSA) is 49.3 Å². The number of carbonyl (C=O) groups is 1. The van der Waals surface area contributed by atoms with E-state index >= 15 is 0 Å². The first kappa shape index (κ1) is 12.9. The molecule has 0 saturated heterocycles. The van der Waals surface area contributed by atoms with Crippen LogP contribution in [0.1, 0.15) is 22.3 Å². The molecule has 2 aromatic carbocycles. The van der Waals surface area contributed by atoms with Crippen LogP contribution in [0.3, 0.4) is 0 Å². The lowest BCUT2D eigenvalue weighted by atomic mass is 9.87. The van der Waals surface area contributed by atoms with Crippen molar-refractivity contribution >= 4 is 11.6 Å². The fourth-order valence-corrected chi connectivity index (χ4v) is 2.94. The summed E-state index contributed by atoms with van der Waals surface area (Å²) in [5.74, 6) is -0.349. The van der Waals surface area contributed by atoms with E-state index in [1.54, 1.807) is 6.07 Å². The van der Waals surface area contributed by atoms with Crippen LogP contribution < -0.4 is 5.32 Å². The van der Waals surface area contributed by atoms with Crippen molar-refractivity contribution in [1.29, 1.82) is 0 Å². The van der Waals surface area contributed by atoms with E-state index in [9.17, 15) is 9.90 Å². The van der Waals surface area contributed by atoms with E-state index in [2.05, 4.69) is 11.4 Å². The van der Waals surface area contributed by atoms with Gasteiger partial charge in [-0.3, -0.25) is 4.79 Å². The maximum Gasteiger partial charge on any atom is 0.261 e. The van der Waals surface area contributed by atoms with Gasteiger partial charge in [-0.15, -0.1) is 0 Å². The smallest absolute Gasteiger partial charge is 0.261 e. The molecule has 0 spiro atoms. The number of fused-ring (bicyclic) bond motifs is 1. The van der Waals surface area contributed by atoms with Gasteiger partial charge in [0.2, 0.25) is 0 Å². The second-order valence-corrected chi connectivity index (χ2v) is 5.53. The van der Waals surface area contributed by atoms with Gasteiger partial charge < -0.3 is 10.4 Å². The average molecular weight is 267 g/mol. The Morgan fingerprint density at radius 2 is 1.75 bits per heavy atom. The summed E-state index contributed by atoms with van der Waals surface area (Å²) in [5.41, 5.74) is 3.12. The van der Waals surface area contributed by atoms with Crippen LogP contribution in [0.15, 0.2) is 42.5 Å². The van der Waals surface area contributed by atoms with Crippen molar-refractivity contribution in [1.82, 2.24) is 0 Å². The van der Waals surface area contributed by atoms with Crippen LogP contribution in [0.4, 0.5) is 5.69 Å². The molecule has 2 aromatic rings. The number of rotatable bonds is 2. The molecule has 20 heavy (non-hydrogen) atoms. The van der Waals surface area contributed by atoms with E-state index in [4.69, 9.17) is 0 Å². The van der Waals surface area contributed by atoms with Gasteiger partial charge in [-0.05, 0) is 25.5 Å². The van der Waals surface area contributed by atoms with Crippen molar-refractivity contribution < 1.29 is 9.90 Å². The van der Waals surface area contributed by atoms with Gasteiger partial charge in [-0.2, -0.15) is 0 Å². The van der Waals surface area contributed by atoms with E-state index in [1.807, 2.05) is 44.2 Å². The Hall–Kier alpha value is -2.13. The van der Waals surface area contributed by atoms with Crippen LogP contribution in [0.25, 0.3) is 0 Å². The van der Waals surface area contributed by atoms with E-state index in [1.165, 1.54) is 0 Å². The summed E-state index contributed by atoms with van der Waals surface area (Å²) in [6.07, 6.45) is 0.290. The highest BCUT2D eigenvalue weighted by Gasteiger charge is 2.44. The maximum atomic E-state index is 12.2. The van der Waals surface area contributed by atoms with Crippen LogP contribution in [0.5, 0.6) is 0 Å². The molecule has 1 amide bonds. The number of carbonyl (C=O) groups excluding carboxylic acids is 1. The summed E-state index contributed by atoms with van der Waals surface area (Å²) in [6, 6.07) is 13.4. The molecule has 1 unspecified atom stereocenters. The van der Waals surface area contributed by atoms with Gasteiger partial charge in [0.15, 0.2) is 5.60 Å². The van der Waals surface area contributed by atoms with Gasteiger partial charge >= 0.3 is 0 Å². The normalized spacial score (nSPS) is 20.6. The molecule has 0 bridgehead atoms. The lowest BCUT2D eigenvalue weighted by Gasteiger charge is -2.21. The molecule has 0 aliphatic carbocycles. The number of nitrogens with one attached hydrogen (secondary N) is 1.